The van der Waals surface area contributed by atoms with Gasteiger partial charge in [0.2, 0.25) is 5.75 Å². The quantitative estimate of drug-likeness (QED) is 0.542. The van der Waals surface area contributed by atoms with Crippen LogP contribution in [0.3, 0.4) is 0 Å². The Morgan fingerprint density at radius 1 is 1.04 bits per heavy atom. The predicted molar refractivity (Wildman–Crippen MR) is 102 cm³/mol. The third kappa shape index (κ3) is 3.80. The molecule has 5 atom stereocenters. The van der Waals surface area contributed by atoms with Gasteiger partial charge in [0.1, 0.15) is 6.10 Å². The summed E-state index contributed by atoms with van der Waals surface area (Å²) in [4.78, 5) is 14.2. The Morgan fingerprint density at radius 3 is 2.04 bits per heavy atom. The first-order valence-corrected chi connectivity index (χ1v) is 9.16. The fourth-order valence-electron chi connectivity index (χ4n) is 4.09. The highest BCUT2D eigenvalue weighted by atomic mass is 16.5. The van der Waals surface area contributed by atoms with E-state index >= 15 is 0 Å². The summed E-state index contributed by atoms with van der Waals surface area (Å²) in [6.45, 7) is 0. The van der Waals surface area contributed by atoms with Gasteiger partial charge in [-0.3, -0.25) is 4.90 Å². The molecule has 2 fully saturated rings. The van der Waals surface area contributed by atoms with Gasteiger partial charge >= 0.3 is 5.97 Å². The number of methoxy groups -OCH3 is 3. The number of hydrogen-bond acceptors (Lipinski definition) is 8. The summed E-state index contributed by atoms with van der Waals surface area (Å²) in [6.07, 6.45) is 1.98. The molecule has 3 rings (SSSR count). The molecule has 0 spiro atoms. The first kappa shape index (κ1) is 20.4. The Morgan fingerprint density at radius 2 is 1.57 bits per heavy atom. The Bertz CT molecular complexity index is 699. The van der Waals surface area contributed by atoms with Crippen LogP contribution in [0.2, 0.25) is 0 Å². The van der Waals surface area contributed by atoms with Crippen molar-refractivity contribution in [3.63, 3.8) is 0 Å². The van der Waals surface area contributed by atoms with Crippen molar-refractivity contribution in [2.24, 2.45) is 0 Å². The van der Waals surface area contributed by atoms with Crippen molar-refractivity contribution < 1.29 is 34.0 Å². The molecule has 0 aromatic heterocycles. The molecule has 1 aromatic rings. The molecule has 8 nitrogen and oxygen atoms in total. The first-order valence-electron chi connectivity index (χ1n) is 9.16. The lowest BCUT2D eigenvalue weighted by Crippen LogP contribution is -2.45. The molecule has 2 aliphatic rings. The van der Waals surface area contributed by atoms with Crippen LogP contribution in [0.15, 0.2) is 18.2 Å². The van der Waals surface area contributed by atoms with Gasteiger partial charge in [-0.25, -0.2) is 4.79 Å². The average molecular weight is 393 g/mol. The van der Waals surface area contributed by atoms with Crippen LogP contribution in [0.5, 0.6) is 17.2 Å². The maximum Gasteiger partial charge on any atom is 0.331 e. The van der Waals surface area contributed by atoms with E-state index in [0.717, 1.165) is 0 Å². The SMILES string of the molecule is COc1cc(C=CC(=O)OC2C[C@@H]3[C@@H](O)[C@@H](O)[C@H](C2)N3C)cc(OC)c1OC. The highest BCUT2D eigenvalue weighted by Crippen LogP contribution is 2.39. The number of ether oxygens (including phenoxy) is 4. The Kier molecular flexibility index (Phi) is 6.12. The fourth-order valence-corrected chi connectivity index (χ4v) is 4.09. The number of hydrogen-bond donors (Lipinski definition) is 2. The lowest BCUT2D eigenvalue weighted by atomic mass is 10.00. The smallest absolute Gasteiger partial charge is 0.331 e. The molecule has 1 unspecified atom stereocenters. The van der Waals surface area contributed by atoms with E-state index in [2.05, 4.69) is 0 Å². The number of rotatable bonds is 6. The van der Waals surface area contributed by atoms with Gasteiger partial charge in [-0.15, -0.1) is 0 Å². The minimum absolute atomic E-state index is 0.203. The van der Waals surface area contributed by atoms with Crippen molar-refractivity contribution in [2.75, 3.05) is 28.4 Å². The number of piperidine rings is 1. The second-order valence-electron chi connectivity index (χ2n) is 7.10. The molecule has 2 N–H and O–H groups in total. The summed E-state index contributed by atoms with van der Waals surface area (Å²) in [7, 11) is 6.44. The van der Waals surface area contributed by atoms with Crippen LogP contribution in [0.1, 0.15) is 18.4 Å². The second kappa shape index (κ2) is 8.38. The second-order valence-corrected chi connectivity index (χ2v) is 7.10. The summed E-state index contributed by atoms with van der Waals surface area (Å²) < 4.78 is 21.4. The number of nitrogens with zero attached hydrogens (tertiary/aromatic N) is 1. The normalized spacial score (nSPS) is 29.7. The molecule has 0 radical (unpaired) electrons. The van der Waals surface area contributed by atoms with E-state index in [4.69, 9.17) is 18.9 Å². The van der Waals surface area contributed by atoms with E-state index < -0.39 is 18.2 Å². The monoisotopic (exact) mass is 393 g/mol. The van der Waals surface area contributed by atoms with Crippen molar-refractivity contribution in [1.29, 1.82) is 0 Å². The van der Waals surface area contributed by atoms with Gasteiger partial charge in [-0.1, -0.05) is 0 Å². The molecule has 1 aromatic carbocycles. The molecule has 0 aliphatic carbocycles. The van der Waals surface area contributed by atoms with Gasteiger partial charge < -0.3 is 29.2 Å². The summed E-state index contributed by atoms with van der Waals surface area (Å²) in [5, 5.41) is 20.2. The largest absolute Gasteiger partial charge is 0.493 e. The molecular formula is C20H27NO7. The molecule has 2 heterocycles. The topological polar surface area (TPSA) is 97.7 Å². The minimum Gasteiger partial charge on any atom is -0.493 e. The highest BCUT2D eigenvalue weighted by Gasteiger charge is 2.51. The summed E-state index contributed by atoms with van der Waals surface area (Å²) in [6, 6.07) is 3.05. The maximum absolute atomic E-state index is 12.3. The summed E-state index contributed by atoms with van der Waals surface area (Å²) in [5.74, 6) is 0.977. The van der Waals surface area contributed by atoms with Gasteiger partial charge in [0.25, 0.3) is 0 Å². The van der Waals surface area contributed by atoms with Gasteiger partial charge in [-0.2, -0.15) is 0 Å². The molecule has 28 heavy (non-hydrogen) atoms. The number of carbonyl (C=O) groups excluding carboxylic acids is 1. The Labute approximate surface area is 164 Å². The lowest BCUT2D eigenvalue weighted by molar-refractivity contribution is -0.146. The van der Waals surface area contributed by atoms with Crippen molar-refractivity contribution in [2.45, 2.75) is 43.2 Å². The fraction of sp³-hybridized carbons (Fsp3) is 0.550. The van der Waals surface area contributed by atoms with Crippen LogP contribution < -0.4 is 14.2 Å². The predicted octanol–water partition coefficient (Wildman–Crippen LogP) is 0.836. The highest BCUT2D eigenvalue weighted by molar-refractivity contribution is 5.87. The van der Waals surface area contributed by atoms with Crippen LogP contribution in [-0.4, -0.2) is 79.9 Å². The zero-order valence-electron chi connectivity index (χ0n) is 16.5. The number of esters is 1. The summed E-state index contributed by atoms with van der Waals surface area (Å²) in [5.41, 5.74) is 0.695. The Balaban J connectivity index is 1.66. The number of carbonyl (C=O) groups is 1. The third-order valence-corrected chi connectivity index (χ3v) is 5.58. The van der Waals surface area contributed by atoms with Gasteiger partial charge in [0.15, 0.2) is 11.5 Å². The van der Waals surface area contributed by atoms with E-state index in [1.165, 1.54) is 27.4 Å². The van der Waals surface area contributed by atoms with Gasteiger partial charge in [0, 0.05) is 31.0 Å². The molecule has 2 bridgehead atoms. The van der Waals surface area contributed by atoms with Crippen molar-refractivity contribution >= 4 is 12.0 Å². The van der Waals surface area contributed by atoms with E-state index in [9.17, 15) is 15.0 Å². The number of aliphatic hydroxyl groups excluding tert-OH is 2. The molecule has 0 amide bonds. The van der Waals surface area contributed by atoms with Crippen molar-refractivity contribution in [3.05, 3.63) is 23.8 Å². The van der Waals surface area contributed by atoms with Crippen LogP contribution >= 0.6 is 0 Å². The third-order valence-electron chi connectivity index (χ3n) is 5.58. The van der Waals surface area contributed by atoms with E-state index in [1.807, 2.05) is 11.9 Å². The van der Waals surface area contributed by atoms with Crippen LogP contribution in [0.25, 0.3) is 6.08 Å². The van der Waals surface area contributed by atoms with Crippen LogP contribution in [0.4, 0.5) is 0 Å². The van der Waals surface area contributed by atoms with E-state index in [0.29, 0.717) is 35.7 Å². The first-order chi connectivity index (χ1) is 13.4. The van der Waals surface area contributed by atoms with Crippen molar-refractivity contribution in [1.82, 2.24) is 4.90 Å². The molecule has 8 heteroatoms. The van der Waals surface area contributed by atoms with Crippen molar-refractivity contribution in [3.8, 4) is 17.2 Å². The van der Waals surface area contributed by atoms with E-state index in [1.54, 1.807) is 18.2 Å². The molecule has 2 saturated heterocycles. The summed E-state index contributed by atoms with van der Waals surface area (Å²) >= 11 is 0. The molecule has 2 aliphatic heterocycles. The maximum atomic E-state index is 12.3. The van der Waals surface area contributed by atoms with Gasteiger partial charge in [0.05, 0.1) is 33.5 Å². The number of aliphatic hydroxyl groups is 2. The standard InChI is InChI=1S/C20H27NO7/c1-21-13-9-12(10-14(21)19(24)18(13)23)28-17(22)6-5-11-7-15(25-2)20(27-4)16(8-11)26-3/h5-8,12-14,18-19,23-24H,9-10H2,1-4H3/t12?,13-,14+,18-,19+. The number of likely N-dealkylation sites (N-methyl/N-ethyl adjacent to an activating group) is 1. The van der Waals surface area contributed by atoms with Crippen LogP contribution in [0, 0.1) is 0 Å². The minimum atomic E-state index is -0.812. The molecular weight excluding hydrogens is 366 g/mol. The number of fused-ring (bicyclic) bond motifs is 2. The zero-order valence-corrected chi connectivity index (χ0v) is 16.5. The molecule has 154 valence electrons. The lowest BCUT2D eigenvalue weighted by Gasteiger charge is -2.35. The molecule has 0 saturated carbocycles. The average Bonchev–Trinajstić information content (AvgIpc) is 2.81. The van der Waals surface area contributed by atoms with E-state index in [-0.39, 0.29) is 18.2 Å². The van der Waals surface area contributed by atoms with Gasteiger partial charge in [-0.05, 0) is 30.8 Å². The Hall–Kier alpha value is -2.29. The van der Waals surface area contributed by atoms with Crippen LogP contribution in [-0.2, 0) is 9.53 Å². The number of benzene rings is 1. The zero-order chi connectivity index (χ0) is 20.4.